The summed E-state index contributed by atoms with van der Waals surface area (Å²) in [6, 6.07) is 9.80. The van der Waals surface area contributed by atoms with Gasteiger partial charge >= 0.3 is 0 Å². The molecule has 1 aromatic heterocycles. The van der Waals surface area contributed by atoms with Gasteiger partial charge in [-0.3, -0.25) is 4.98 Å². The van der Waals surface area contributed by atoms with Gasteiger partial charge in [0.1, 0.15) is 52.7 Å². The van der Waals surface area contributed by atoms with Gasteiger partial charge in [-0.05, 0) is 6.07 Å². The normalized spacial score (nSPS) is 11.4. The van der Waals surface area contributed by atoms with E-state index in [1.165, 1.54) is 0 Å². The Hall–Kier alpha value is -6.67. The van der Waals surface area contributed by atoms with Gasteiger partial charge in [-0.1, -0.05) is 18.2 Å². The number of hydrogen-bond acceptors (Lipinski definition) is 2. The van der Waals surface area contributed by atoms with Crippen molar-refractivity contribution in [3.8, 4) is 6.07 Å². The molecule has 312 valence electrons. The van der Waals surface area contributed by atoms with Gasteiger partial charge < -0.3 is 0 Å². The molecule has 0 fully saturated rings. The molecule has 0 bridgehead atoms. The van der Waals surface area contributed by atoms with E-state index in [0.29, 0.717) is 6.54 Å². The van der Waals surface area contributed by atoms with E-state index in [4.69, 9.17) is 5.26 Å². The topological polar surface area (TPSA) is 40.6 Å². The summed E-state index contributed by atoms with van der Waals surface area (Å²) in [5.41, 5.74) is -12.6. The second-order valence-electron chi connectivity index (χ2n) is 12.0. The van der Waals surface area contributed by atoms with Gasteiger partial charge in [-0.25, -0.2) is 87.8 Å². The number of halogens is 20. The lowest BCUT2D eigenvalue weighted by molar-refractivity contribution is -0.688. The number of nitriles is 1. The lowest BCUT2D eigenvalue weighted by Gasteiger charge is -2.44. The van der Waals surface area contributed by atoms with Crippen molar-refractivity contribution in [3.05, 3.63) is 177 Å². The first-order valence-corrected chi connectivity index (χ1v) is 15.6. The molecule has 0 aliphatic rings. The predicted molar refractivity (Wildman–Crippen MR) is 164 cm³/mol. The maximum atomic E-state index is 15.4. The Bertz CT molecular complexity index is 2380. The molecule has 0 unspecified atom stereocenters. The molecule has 0 radical (unpaired) electrons. The summed E-state index contributed by atoms with van der Waals surface area (Å²) < 4.78 is 296. The molecule has 24 heteroatoms. The minimum atomic E-state index is -7.22. The maximum absolute atomic E-state index is 15.4. The Labute approximate surface area is 319 Å². The monoisotopic (exact) mass is 875 g/mol. The molecule has 3 nitrogen and oxygen atoms in total. The second kappa shape index (κ2) is 16.5. The van der Waals surface area contributed by atoms with Crippen LogP contribution in [0.1, 0.15) is 11.1 Å². The minimum absolute atomic E-state index is 0.701. The van der Waals surface area contributed by atoms with Crippen LogP contribution in [0.15, 0.2) is 49.1 Å². The van der Waals surface area contributed by atoms with E-state index in [0.717, 1.165) is 11.1 Å². The van der Waals surface area contributed by atoms with Crippen LogP contribution in [-0.2, 0) is 6.54 Å². The van der Waals surface area contributed by atoms with E-state index in [9.17, 15) is 52.7 Å². The summed E-state index contributed by atoms with van der Waals surface area (Å²) in [4.78, 5) is 3.94. The van der Waals surface area contributed by atoms with Crippen LogP contribution in [0.4, 0.5) is 87.8 Å². The van der Waals surface area contributed by atoms with Crippen molar-refractivity contribution in [1.82, 2.24) is 4.98 Å². The molecule has 0 N–H and O–H groups in total. The zero-order valence-corrected chi connectivity index (χ0v) is 28.3. The van der Waals surface area contributed by atoms with Crippen molar-refractivity contribution >= 4 is 28.0 Å². The van der Waals surface area contributed by atoms with Crippen LogP contribution in [0.2, 0.25) is 0 Å². The number of benzene rings is 5. The Morgan fingerprint density at radius 2 is 0.650 bits per heavy atom. The number of nitrogens with zero attached hydrogens (tertiary/aromatic N) is 3. The summed E-state index contributed by atoms with van der Waals surface area (Å²) in [6.07, 6.45) is 0.0114. The average Bonchev–Trinajstić information content (AvgIpc) is 3.24. The van der Waals surface area contributed by atoms with Gasteiger partial charge in [0.2, 0.25) is 0 Å². The molecule has 6 aromatic rings. The highest BCUT2D eigenvalue weighted by molar-refractivity contribution is 7.20. The van der Waals surface area contributed by atoms with Crippen molar-refractivity contribution < 1.29 is 92.4 Å². The van der Waals surface area contributed by atoms with Crippen LogP contribution in [0.5, 0.6) is 0 Å². The van der Waals surface area contributed by atoms with Gasteiger partial charge in [-0.15, -0.1) is 21.9 Å². The van der Waals surface area contributed by atoms with Gasteiger partial charge in [0, 0.05) is 5.56 Å². The summed E-state index contributed by atoms with van der Waals surface area (Å²) in [6.45, 7) is 0.701. The molecule has 0 amide bonds. The van der Waals surface area contributed by atoms with Crippen molar-refractivity contribution in [2.24, 2.45) is 0 Å². The van der Waals surface area contributed by atoms with Gasteiger partial charge in [-0.2, -0.15) is 9.83 Å². The highest BCUT2D eigenvalue weighted by Crippen LogP contribution is 2.30. The Kier molecular flexibility index (Phi) is 12.2. The standard InChI is InChI=1S/C24BF20.C12H10N3/c26-5-1(6(27)14(35)21(42)13(5)34)25(2-7(28)15(36)22(43)16(37)8(2)29,3-9(30)17(38)23(44)18(39)10(3)31)4-11(32)19(40)24(45)20(41)12(4)33;13-9-11-3-1-2-4-12(11)10-15-7-5-14-6-8-15/h;1-8H,10H2/q-1;+1. The van der Waals surface area contributed by atoms with Crippen LogP contribution < -0.4 is 26.4 Å². The molecule has 5 aromatic carbocycles. The molecular formula is C36H10BF20N3. The quantitative estimate of drug-likeness (QED) is 0.0588. The van der Waals surface area contributed by atoms with Crippen molar-refractivity contribution in [2.75, 3.05) is 0 Å². The Balaban J connectivity index is 0.000000379. The predicted octanol–water partition coefficient (Wildman–Crippen LogP) is 7.14. The minimum Gasteiger partial charge on any atom is -0.252 e. The van der Waals surface area contributed by atoms with E-state index < -0.39 is 144 Å². The summed E-state index contributed by atoms with van der Waals surface area (Å²) in [5, 5.41) is 8.92. The van der Waals surface area contributed by atoms with Crippen LogP contribution in [-0.4, -0.2) is 11.1 Å². The van der Waals surface area contributed by atoms with Crippen LogP contribution in [0.25, 0.3) is 0 Å². The number of hydrogen-bond donors (Lipinski definition) is 0. The van der Waals surface area contributed by atoms with E-state index in [1.807, 2.05) is 41.2 Å². The maximum Gasteiger partial charge on any atom is 0.200 e. The van der Waals surface area contributed by atoms with E-state index >= 15 is 35.1 Å². The fourth-order valence-corrected chi connectivity index (χ4v) is 6.29. The fraction of sp³-hybridized carbons (Fsp3) is 0.0278. The summed E-state index contributed by atoms with van der Waals surface area (Å²) in [7, 11) is 0. The third-order valence-electron chi connectivity index (χ3n) is 8.89. The molecule has 6 rings (SSSR count). The molecule has 0 aliphatic carbocycles. The van der Waals surface area contributed by atoms with Crippen LogP contribution in [0, 0.1) is 128 Å². The smallest absolute Gasteiger partial charge is 0.200 e. The average molecular weight is 875 g/mol. The first-order chi connectivity index (χ1) is 28.1. The zero-order valence-electron chi connectivity index (χ0n) is 28.3. The number of rotatable bonds is 6. The Morgan fingerprint density at radius 3 is 0.917 bits per heavy atom. The van der Waals surface area contributed by atoms with Gasteiger partial charge in [0.05, 0.1) is 24.0 Å². The molecule has 0 atom stereocenters. The van der Waals surface area contributed by atoms with Gasteiger partial charge in [0.15, 0.2) is 88.7 Å². The van der Waals surface area contributed by atoms with Crippen molar-refractivity contribution in [2.45, 2.75) is 6.54 Å². The van der Waals surface area contributed by atoms with E-state index in [1.54, 1.807) is 12.4 Å². The van der Waals surface area contributed by atoms with Crippen molar-refractivity contribution in [1.29, 1.82) is 5.26 Å². The van der Waals surface area contributed by atoms with E-state index in [-0.39, 0.29) is 0 Å². The molecule has 0 saturated carbocycles. The zero-order chi connectivity index (χ0) is 44.9. The highest BCUT2D eigenvalue weighted by atomic mass is 19.2. The second-order valence-corrected chi connectivity index (χ2v) is 12.0. The fourth-order valence-electron chi connectivity index (χ4n) is 6.29. The number of aromatic nitrogens is 2. The largest absolute Gasteiger partial charge is 0.252 e. The van der Waals surface area contributed by atoms with Crippen molar-refractivity contribution in [3.63, 3.8) is 0 Å². The first kappa shape index (κ1) is 44.4. The molecular weight excluding hydrogens is 865 g/mol. The van der Waals surface area contributed by atoms with Crippen LogP contribution >= 0.6 is 0 Å². The summed E-state index contributed by atoms with van der Waals surface area (Å²) >= 11 is 0. The van der Waals surface area contributed by atoms with Gasteiger partial charge in [0.25, 0.3) is 0 Å². The lowest BCUT2D eigenvalue weighted by Crippen LogP contribution is -2.81. The third kappa shape index (κ3) is 6.80. The SMILES string of the molecule is Fc1c(F)c(F)c([B-](c2c(F)c(F)c(F)c(F)c2F)(c2c(F)c(F)c(F)c(F)c2F)c2c(F)c(F)c(F)c(F)c2F)c(F)c1F.N#Cc1ccccc1C[n+]1ccncc1. The van der Waals surface area contributed by atoms with E-state index in [2.05, 4.69) is 11.1 Å². The Morgan fingerprint density at radius 1 is 0.400 bits per heavy atom. The highest BCUT2D eigenvalue weighted by Gasteiger charge is 2.52. The lowest BCUT2D eigenvalue weighted by atomic mass is 9.12. The molecule has 60 heavy (non-hydrogen) atoms. The van der Waals surface area contributed by atoms with Crippen LogP contribution in [0.3, 0.4) is 0 Å². The summed E-state index contributed by atoms with van der Waals surface area (Å²) in [5.74, 6) is -71.4. The third-order valence-corrected chi connectivity index (χ3v) is 8.89. The first-order valence-electron chi connectivity index (χ1n) is 15.6. The molecule has 0 spiro atoms. The molecule has 0 aliphatic heterocycles. The molecule has 0 saturated heterocycles. The molecule has 1 heterocycles.